The van der Waals surface area contributed by atoms with Crippen LogP contribution in [0.3, 0.4) is 0 Å². The average Bonchev–Trinajstić information content (AvgIpc) is 3.55. The molecule has 2 aliphatic rings. The van der Waals surface area contributed by atoms with Gasteiger partial charge < -0.3 is 7.43 Å². The van der Waals surface area contributed by atoms with Gasteiger partial charge in [-0.25, -0.2) is 6.08 Å². The van der Waals surface area contributed by atoms with Crippen molar-refractivity contribution in [3.05, 3.63) is 126 Å². The summed E-state index contributed by atoms with van der Waals surface area (Å²) in [7, 11) is 0. The van der Waals surface area contributed by atoms with Crippen LogP contribution in [0.2, 0.25) is 0 Å². The average molecular weight is 711 g/mol. The fraction of sp³-hybridized carbons (Fsp3) is 0.415. The summed E-state index contributed by atoms with van der Waals surface area (Å²) < 4.78 is 3.34. The van der Waals surface area contributed by atoms with E-state index >= 15 is 0 Å². The van der Waals surface area contributed by atoms with Crippen LogP contribution in [0.4, 0.5) is 0 Å². The summed E-state index contributed by atoms with van der Waals surface area (Å²) in [5.74, 6) is 0.587. The van der Waals surface area contributed by atoms with Crippen LogP contribution in [0.15, 0.2) is 78.4 Å². The summed E-state index contributed by atoms with van der Waals surface area (Å²) in [6.45, 7) is 22.6. The van der Waals surface area contributed by atoms with Crippen molar-refractivity contribution < 1.29 is 24.2 Å². The summed E-state index contributed by atoms with van der Waals surface area (Å²) in [5.41, 5.74) is 10.5. The Morgan fingerprint density at radius 2 is 1.39 bits per heavy atom. The van der Waals surface area contributed by atoms with Gasteiger partial charge in [0.2, 0.25) is 0 Å². The van der Waals surface area contributed by atoms with E-state index in [1.54, 1.807) is 0 Å². The predicted octanol–water partition coefficient (Wildman–Crippen LogP) is 12.1. The molecule has 0 nitrogen and oxygen atoms in total. The third-order valence-corrected chi connectivity index (χ3v) is 7.37. The Labute approximate surface area is 299 Å². The van der Waals surface area contributed by atoms with E-state index in [4.69, 9.17) is 0 Å². The molecule has 0 fully saturated rings. The normalized spacial score (nSPS) is 14.1. The summed E-state index contributed by atoms with van der Waals surface area (Å²) in [6, 6.07) is 27.7. The Morgan fingerprint density at radius 1 is 0.795 bits per heavy atom. The molecule has 2 aliphatic carbocycles. The molecule has 0 amide bonds. The second-order valence-corrected chi connectivity index (χ2v) is 14.0. The SMILES string of the molecule is CC(C)(C)c1[c-]c2c(cc1)-c1ccc(C(C)(C)C)cc1C2.CCCC1[C-]=CC(C(C)(C)C)=C1.Cl.Cl.[CH2]=[Zr].[CH3-].[c-]1ccccc1. The first kappa shape index (κ1) is 44.6. The van der Waals surface area contributed by atoms with Crippen LogP contribution in [-0.2, 0) is 41.5 Å². The largest absolute Gasteiger partial charge is 0.358 e. The smallest absolute Gasteiger partial charge is 0.171 e. The molecule has 242 valence electrons. The third kappa shape index (κ3) is 13.5. The van der Waals surface area contributed by atoms with E-state index in [9.17, 15) is 0 Å². The van der Waals surface area contributed by atoms with Gasteiger partial charge in [0.1, 0.15) is 0 Å². The van der Waals surface area contributed by atoms with Gasteiger partial charge in [0.15, 0.2) is 0 Å². The number of fused-ring (bicyclic) bond motifs is 3. The van der Waals surface area contributed by atoms with Crippen molar-refractivity contribution in [3.8, 4) is 11.1 Å². The molecule has 0 aliphatic heterocycles. The van der Waals surface area contributed by atoms with Crippen LogP contribution in [0.1, 0.15) is 104 Å². The minimum atomic E-state index is 0. The first-order valence-electron chi connectivity index (χ1n) is 15.0. The number of allylic oxidation sites excluding steroid dienone is 4. The van der Waals surface area contributed by atoms with Gasteiger partial charge in [0.25, 0.3) is 0 Å². The maximum Gasteiger partial charge on any atom is -0.171 e. The van der Waals surface area contributed by atoms with Crippen molar-refractivity contribution in [2.45, 2.75) is 99.3 Å². The summed E-state index contributed by atoms with van der Waals surface area (Å²) in [5, 5.41) is 0. The van der Waals surface area contributed by atoms with E-state index in [-0.39, 0.29) is 43.1 Å². The molecule has 5 rings (SSSR count). The van der Waals surface area contributed by atoms with E-state index in [1.807, 2.05) is 30.3 Å². The van der Waals surface area contributed by atoms with Gasteiger partial charge in [-0.05, 0) is 28.4 Å². The Kier molecular flexibility index (Phi) is 20.1. The number of benzene rings is 3. The van der Waals surface area contributed by atoms with Crippen molar-refractivity contribution in [2.75, 3.05) is 0 Å². The predicted molar refractivity (Wildman–Crippen MR) is 198 cm³/mol. The molecule has 0 aromatic heterocycles. The van der Waals surface area contributed by atoms with E-state index in [2.05, 4.69) is 134 Å². The van der Waals surface area contributed by atoms with Gasteiger partial charge in [-0.3, -0.25) is 6.08 Å². The van der Waals surface area contributed by atoms with Crippen LogP contribution in [0, 0.1) is 37.0 Å². The maximum atomic E-state index is 3.67. The van der Waals surface area contributed by atoms with Crippen molar-refractivity contribution >= 4 is 29.0 Å². The number of hydrogen-bond donors (Lipinski definition) is 0. The Morgan fingerprint density at radius 3 is 1.82 bits per heavy atom. The monoisotopic (exact) mass is 708 g/mol. The van der Waals surface area contributed by atoms with Crippen molar-refractivity contribution in [1.82, 2.24) is 0 Å². The Balaban J connectivity index is 0. The molecule has 44 heavy (non-hydrogen) atoms. The van der Waals surface area contributed by atoms with E-state index in [0.29, 0.717) is 11.3 Å². The molecule has 3 aromatic rings. The second kappa shape index (κ2) is 19.9. The van der Waals surface area contributed by atoms with Crippen LogP contribution >= 0.6 is 24.8 Å². The van der Waals surface area contributed by atoms with E-state index < -0.39 is 0 Å². The molecule has 0 spiro atoms. The minimum absolute atomic E-state index is 0. The molecule has 0 saturated carbocycles. The molecule has 0 heterocycles. The van der Waals surface area contributed by atoms with Crippen LogP contribution in [0.25, 0.3) is 11.1 Å². The summed E-state index contributed by atoms with van der Waals surface area (Å²) in [4.78, 5) is 0. The fourth-order valence-corrected chi connectivity index (χ4v) is 4.82. The molecule has 3 aromatic carbocycles. The molecular weight excluding hydrogens is 655 g/mol. The molecule has 0 bridgehead atoms. The van der Waals surface area contributed by atoms with E-state index in [1.165, 1.54) is 76.0 Å². The first-order chi connectivity index (χ1) is 19.2. The van der Waals surface area contributed by atoms with E-state index in [0.717, 1.165) is 6.42 Å². The molecule has 3 heteroatoms. The van der Waals surface area contributed by atoms with Crippen molar-refractivity contribution in [2.24, 2.45) is 11.3 Å². The molecule has 0 radical (unpaired) electrons. The molecular formula is C41H56Cl2Zr-4. The van der Waals surface area contributed by atoms with Crippen LogP contribution in [-0.4, -0.2) is 4.21 Å². The summed E-state index contributed by atoms with van der Waals surface area (Å²) >= 11 is 1.30. The molecule has 0 N–H and O–H groups in total. The molecule has 0 saturated heterocycles. The molecule has 1 unspecified atom stereocenters. The number of rotatable bonds is 2. The zero-order chi connectivity index (χ0) is 30.8. The van der Waals surface area contributed by atoms with Gasteiger partial charge in [-0.15, -0.1) is 35.9 Å². The van der Waals surface area contributed by atoms with Crippen molar-refractivity contribution in [3.63, 3.8) is 0 Å². The standard InChI is InChI=1S/C21H25.C12H19.C6H5.CH3.CH2.2ClH.Zr/c1-20(2,3)16-7-9-18-14(12-16)11-15-13-17(21(4,5)6)8-10-19(15)18;1-5-6-10-7-8-11(9-10)12(2,3)4;1-2-4-6-5-3-1;;;;;/h7-10,12H,11H2,1-6H3;8-10H,5-6H2,1-4H3;1-5H;1H3;1H2;2*1H;/q4*-1;;;;. The Hall–Kier alpha value is -1.53. The maximum absolute atomic E-state index is 3.67. The van der Waals surface area contributed by atoms with Gasteiger partial charge in [-0.1, -0.05) is 117 Å². The number of hydrogen-bond acceptors (Lipinski definition) is 0. The van der Waals surface area contributed by atoms with Gasteiger partial charge >= 0.3 is 28.4 Å². The van der Waals surface area contributed by atoms with Crippen LogP contribution < -0.4 is 0 Å². The fourth-order valence-electron chi connectivity index (χ4n) is 4.82. The zero-order valence-corrected chi connectivity index (χ0v) is 33.2. The zero-order valence-electron chi connectivity index (χ0n) is 29.2. The second-order valence-electron chi connectivity index (χ2n) is 14.0. The summed E-state index contributed by atoms with van der Waals surface area (Å²) in [6.07, 6.45) is 11.4. The van der Waals surface area contributed by atoms with Gasteiger partial charge in [0.05, 0.1) is 0 Å². The molecule has 1 atom stereocenters. The quantitative estimate of drug-likeness (QED) is 0.182. The minimum Gasteiger partial charge on any atom is -0.358 e. The topological polar surface area (TPSA) is 0 Å². The van der Waals surface area contributed by atoms with Crippen molar-refractivity contribution in [1.29, 1.82) is 0 Å². The van der Waals surface area contributed by atoms with Crippen LogP contribution in [0.5, 0.6) is 0 Å². The number of halogens is 2. The first-order valence-corrected chi connectivity index (χ1v) is 16.7. The van der Waals surface area contributed by atoms with Gasteiger partial charge in [0, 0.05) is 0 Å². The Bertz CT molecular complexity index is 1210. The van der Waals surface area contributed by atoms with Gasteiger partial charge in [-0.2, -0.15) is 71.8 Å². The third-order valence-electron chi connectivity index (χ3n) is 7.37.